The zero-order chi connectivity index (χ0) is 13.1. The Kier molecular flexibility index (Phi) is 4.08. The molecule has 0 bridgehead atoms. The van der Waals surface area contributed by atoms with Crippen molar-refractivity contribution >= 4 is 27.9 Å². The van der Waals surface area contributed by atoms with Crippen molar-refractivity contribution in [3.8, 4) is 0 Å². The van der Waals surface area contributed by atoms with Crippen molar-refractivity contribution in [1.82, 2.24) is 10.2 Å². The fourth-order valence-corrected chi connectivity index (χ4v) is 3.12. The first kappa shape index (κ1) is 13.2. The molecule has 2 rings (SSSR count). The zero-order valence-electron chi connectivity index (χ0n) is 10.8. The summed E-state index contributed by atoms with van der Waals surface area (Å²) in [4.78, 5) is 14.6. The molecular formula is C12H20N4OS. The highest BCUT2D eigenvalue weighted by atomic mass is 32.1. The van der Waals surface area contributed by atoms with Crippen molar-refractivity contribution in [3.63, 3.8) is 0 Å². The average Bonchev–Trinajstić information content (AvgIpc) is 2.86. The van der Waals surface area contributed by atoms with E-state index in [-0.39, 0.29) is 5.91 Å². The second-order valence-corrected chi connectivity index (χ2v) is 5.70. The first-order valence-electron chi connectivity index (χ1n) is 6.22. The molecule has 0 saturated carbocycles. The van der Waals surface area contributed by atoms with Crippen LogP contribution in [0.25, 0.3) is 0 Å². The van der Waals surface area contributed by atoms with Crippen LogP contribution in [0.3, 0.4) is 0 Å². The summed E-state index contributed by atoms with van der Waals surface area (Å²) in [6, 6.07) is 2.31. The molecule has 0 spiro atoms. The number of rotatable bonds is 4. The van der Waals surface area contributed by atoms with Crippen LogP contribution in [0.15, 0.2) is 6.07 Å². The molecule has 0 aromatic carbocycles. The summed E-state index contributed by atoms with van der Waals surface area (Å²) in [5, 5.41) is 7.20. The van der Waals surface area contributed by atoms with Gasteiger partial charge in [-0.3, -0.25) is 4.79 Å². The highest BCUT2D eigenvalue weighted by Crippen LogP contribution is 2.30. The van der Waals surface area contributed by atoms with E-state index in [1.54, 1.807) is 0 Å². The smallest absolute Gasteiger partial charge is 0.263 e. The number of likely N-dealkylation sites (N-methyl/N-ethyl adjacent to an activating group) is 1. The number of likely N-dealkylation sites (tertiary alicyclic amines) is 1. The van der Waals surface area contributed by atoms with Crippen molar-refractivity contribution in [3.05, 3.63) is 10.9 Å². The predicted octanol–water partition coefficient (Wildman–Crippen LogP) is 1.20. The molecule has 1 unspecified atom stereocenters. The Bertz CT molecular complexity index is 432. The predicted molar refractivity (Wildman–Crippen MR) is 76.3 cm³/mol. The van der Waals surface area contributed by atoms with Crippen molar-refractivity contribution < 1.29 is 4.79 Å². The summed E-state index contributed by atoms with van der Waals surface area (Å²) < 4.78 is 0. The lowest BCUT2D eigenvalue weighted by Gasteiger charge is -2.11. The zero-order valence-corrected chi connectivity index (χ0v) is 11.6. The van der Waals surface area contributed by atoms with Crippen LogP contribution in [0.5, 0.6) is 0 Å². The molecule has 1 amide bonds. The van der Waals surface area contributed by atoms with Crippen LogP contribution in [-0.4, -0.2) is 43.5 Å². The van der Waals surface area contributed by atoms with Crippen LogP contribution in [0.4, 0.5) is 10.7 Å². The number of nitrogen functional groups attached to an aromatic ring is 1. The third-order valence-corrected chi connectivity index (χ3v) is 4.12. The maximum Gasteiger partial charge on any atom is 0.263 e. The van der Waals surface area contributed by atoms with Gasteiger partial charge in [0.05, 0.1) is 10.7 Å². The summed E-state index contributed by atoms with van der Waals surface area (Å²) in [5.74, 6) is -0.0865. The normalized spacial score (nSPS) is 20.0. The SMILES string of the molecule is CCNC(=O)c1sc(NC2CCN(C)C2)cc1N. The quantitative estimate of drug-likeness (QED) is 0.767. The van der Waals surface area contributed by atoms with Crippen molar-refractivity contribution in [2.24, 2.45) is 0 Å². The number of hydrogen-bond acceptors (Lipinski definition) is 5. The minimum absolute atomic E-state index is 0.0865. The molecule has 1 fully saturated rings. The topological polar surface area (TPSA) is 70.4 Å². The molecule has 0 aliphatic carbocycles. The first-order chi connectivity index (χ1) is 8.60. The number of nitrogens with two attached hydrogens (primary N) is 1. The van der Waals surface area contributed by atoms with E-state index in [0.29, 0.717) is 23.2 Å². The van der Waals surface area contributed by atoms with E-state index in [2.05, 4.69) is 22.6 Å². The molecule has 1 aromatic heterocycles. The molecule has 1 aliphatic heterocycles. The Balaban J connectivity index is 2.02. The van der Waals surface area contributed by atoms with Crippen LogP contribution < -0.4 is 16.4 Å². The van der Waals surface area contributed by atoms with Gasteiger partial charge < -0.3 is 21.3 Å². The fourth-order valence-electron chi connectivity index (χ4n) is 2.15. The largest absolute Gasteiger partial charge is 0.397 e. The molecule has 1 aliphatic rings. The van der Waals surface area contributed by atoms with Gasteiger partial charge in [0.25, 0.3) is 5.91 Å². The minimum Gasteiger partial charge on any atom is -0.397 e. The highest BCUT2D eigenvalue weighted by molar-refractivity contribution is 7.18. The molecule has 2 heterocycles. The molecule has 1 aromatic rings. The molecule has 0 radical (unpaired) electrons. The van der Waals surface area contributed by atoms with Gasteiger partial charge in [-0.05, 0) is 33.0 Å². The Labute approximate surface area is 111 Å². The maximum atomic E-state index is 11.8. The lowest BCUT2D eigenvalue weighted by Crippen LogP contribution is -2.23. The Morgan fingerprint density at radius 3 is 3.06 bits per heavy atom. The van der Waals surface area contributed by atoms with Crippen LogP contribution in [0.2, 0.25) is 0 Å². The van der Waals surface area contributed by atoms with E-state index < -0.39 is 0 Å². The molecule has 5 nitrogen and oxygen atoms in total. The van der Waals surface area contributed by atoms with Gasteiger partial charge in [-0.25, -0.2) is 0 Å². The summed E-state index contributed by atoms with van der Waals surface area (Å²) in [7, 11) is 2.12. The number of amides is 1. The third-order valence-electron chi connectivity index (χ3n) is 3.04. The maximum absolute atomic E-state index is 11.8. The van der Waals surface area contributed by atoms with Gasteiger partial charge in [0.2, 0.25) is 0 Å². The van der Waals surface area contributed by atoms with Crippen LogP contribution >= 0.6 is 11.3 Å². The van der Waals surface area contributed by atoms with Gasteiger partial charge in [-0.15, -0.1) is 11.3 Å². The lowest BCUT2D eigenvalue weighted by molar-refractivity contribution is 0.0960. The molecular weight excluding hydrogens is 248 g/mol. The Hall–Kier alpha value is -1.27. The number of nitrogens with one attached hydrogen (secondary N) is 2. The van der Waals surface area contributed by atoms with E-state index in [0.717, 1.165) is 24.5 Å². The number of carbonyl (C=O) groups excluding carboxylic acids is 1. The van der Waals surface area contributed by atoms with Gasteiger partial charge in [0.15, 0.2) is 0 Å². The molecule has 4 N–H and O–H groups in total. The Morgan fingerprint density at radius 2 is 2.44 bits per heavy atom. The van der Waals surface area contributed by atoms with Gasteiger partial charge >= 0.3 is 0 Å². The van der Waals surface area contributed by atoms with Gasteiger partial charge in [-0.2, -0.15) is 0 Å². The molecule has 100 valence electrons. The minimum atomic E-state index is -0.0865. The second kappa shape index (κ2) is 5.58. The first-order valence-corrected chi connectivity index (χ1v) is 7.04. The summed E-state index contributed by atoms with van der Waals surface area (Å²) >= 11 is 1.43. The summed E-state index contributed by atoms with van der Waals surface area (Å²) in [6.07, 6.45) is 1.13. The van der Waals surface area contributed by atoms with Crippen molar-refractivity contribution in [1.29, 1.82) is 0 Å². The standard InChI is InChI=1S/C12H20N4OS/c1-3-14-12(17)11-9(13)6-10(18-11)15-8-4-5-16(2)7-8/h6,8,15H,3-5,7,13H2,1-2H3,(H,14,17). The van der Waals surface area contributed by atoms with E-state index >= 15 is 0 Å². The highest BCUT2D eigenvalue weighted by Gasteiger charge is 2.21. The van der Waals surface area contributed by atoms with E-state index in [4.69, 9.17) is 5.73 Å². The summed E-state index contributed by atoms with van der Waals surface area (Å²) in [5.41, 5.74) is 6.43. The Morgan fingerprint density at radius 1 is 1.67 bits per heavy atom. The van der Waals surface area contributed by atoms with Gasteiger partial charge in [0.1, 0.15) is 4.88 Å². The summed E-state index contributed by atoms with van der Waals surface area (Å²) in [6.45, 7) is 4.66. The molecule has 6 heteroatoms. The molecule has 1 saturated heterocycles. The molecule has 1 atom stereocenters. The van der Waals surface area contributed by atoms with E-state index in [9.17, 15) is 4.79 Å². The van der Waals surface area contributed by atoms with Crippen LogP contribution in [0, 0.1) is 0 Å². The van der Waals surface area contributed by atoms with Crippen LogP contribution in [0.1, 0.15) is 23.0 Å². The van der Waals surface area contributed by atoms with E-state index in [1.807, 2.05) is 13.0 Å². The average molecular weight is 268 g/mol. The number of thiophene rings is 1. The third kappa shape index (κ3) is 2.94. The molecule has 18 heavy (non-hydrogen) atoms. The van der Waals surface area contributed by atoms with Crippen molar-refractivity contribution in [2.75, 3.05) is 37.7 Å². The van der Waals surface area contributed by atoms with Crippen LogP contribution in [-0.2, 0) is 0 Å². The van der Waals surface area contributed by atoms with E-state index in [1.165, 1.54) is 11.3 Å². The fraction of sp³-hybridized carbons (Fsp3) is 0.583. The monoisotopic (exact) mass is 268 g/mol. The number of carbonyl (C=O) groups is 1. The lowest BCUT2D eigenvalue weighted by atomic mass is 10.2. The number of anilines is 2. The van der Waals surface area contributed by atoms with Gasteiger partial charge in [0, 0.05) is 19.1 Å². The van der Waals surface area contributed by atoms with Gasteiger partial charge in [-0.1, -0.05) is 0 Å². The van der Waals surface area contributed by atoms with Crippen molar-refractivity contribution in [2.45, 2.75) is 19.4 Å². The second-order valence-electron chi connectivity index (χ2n) is 4.65. The number of hydrogen-bond donors (Lipinski definition) is 3. The number of nitrogens with zero attached hydrogens (tertiary/aromatic N) is 1.